The number of fused-ring (bicyclic) bond motifs is 1. The molecule has 2 nitrogen and oxygen atoms in total. The highest BCUT2D eigenvalue weighted by atomic mass is 32.2. The number of hydrogen-bond donors (Lipinski definition) is 1. The van der Waals surface area contributed by atoms with Crippen molar-refractivity contribution < 1.29 is 5.21 Å². The van der Waals surface area contributed by atoms with Gasteiger partial charge in [0.15, 0.2) is 0 Å². The van der Waals surface area contributed by atoms with Crippen LogP contribution in [0.3, 0.4) is 0 Å². The number of hydrogen-bond acceptors (Lipinski definition) is 3. The van der Waals surface area contributed by atoms with Crippen molar-refractivity contribution in [3.05, 3.63) is 28.8 Å². The number of oxime groups is 1. The SMILES string of the molecule is Cc1cc(C)c2c(c1)SCCC2C=NO. The van der Waals surface area contributed by atoms with Crippen LogP contribution in [0.5, 0.6) is 0 Å². The molecule has 1 unspecified atom stereocenters. The average Bonchev–Trinajstić information content (AvgIpc) is 2.17. The van der Waals surface area contributed by atoms with Gasteiger partial charge in [-0.1, -0.05) is 6.07 Å². The molecular formula is C12H15NOS. The zero-order valence-corrected chi connectivity index (χ0v) is 9.84. The van der Waals surface area contributed by atoms with Crippen LogP contribution in [-0.2, 0) is 0 Å². The van der Waals surface area contributed by atoms with E-state index in [1.54, 1.807) is 6.21 Å². The van der Waals surface area contributed by atoms with Gasteiger partial charge >= 0.3 is 0 Å². The summed E-state index contributed by atoms with van der Waals surface area (Å²) in [7, 11) is 0. The number of aryl methyl sites for hydroxylation is 2. The molecule has 0 bridgehead atoms. The molecule has 0 spiro atoms. The second kappa shape index (κ2) is 4.27. The summed E-state index contributed by atoms with van der Waals surface area (Å²) in [5.74, 6) is 1.39. The van der Waals surface area contributed by atoms with Crippen LogP contribution in [0.15, 0.2) is 22.2 Å². The van der Waals surface area contributed by atoms with E-state index in [1.165, 1.54) is 21.6 Å². The fourth-order valence-electron chi connectivity index (χ4n) is 2.20. The normalized spacial score (nSPS) is 20.5. The van der Waals surface area contributed by atoms with Gasteiger partial charge in [0.1, 0.15) is 0 Å². The standard InChI is InChI=1S/C12H15NOS/c1-8-5-9(2)12-10(7-13-14)3-4-15-11(12)6-8/h5-7,10,14H,3-4H2,1-2H3. The highest BCUT2D eigenvalue weighted by Gasteiger charge is 2.21. The first-order chi connectivity index (χ1) is 7.22. The van der Waals surface area contributed by atoms with Gasteiger partial charge in [-0.2, -0.15) is 0 Å². The van der Waals surface area contributed by atoms with Crippen LogP contribution in [0.25, 0.3) is 0 Å². The van der Waals surface area contributed by atoms with Crippen LogP contribution in [-0.4, -0.2) is 17.2 Å². The van der Waals surface area contributed by atoms with Crippen molar-refractivity contribution in [3.8, 4) is 0 Å². The van der Waals surface area contributed by atoms with Crippen LogP contribution in [0.4, 0.5) is 0 Å². The lowest BCUT2D eigenvalue weighted by molar-refractivity contribution is 0.319. The van der Waals surface area contributed by atoms with Crippen molar-refractivity contribution in [2.75, 3.05) is 5.75 Å². The Kier molecular flexibility index (Phi) is 3.00. The maximum atomic E-state index is 8.65. The van der Waals surface area contributed by atoms with E-state index in [9.17, 15) is 0 Å². The highest BCUT2D eigenvalue weighted by molar-refractivity contribution is 7.99. The minimum Gasteiger partial charge on any atom is -0.411 e. The third-order valence-electron chi connectivity index (χ3n) is 2.80. The monoisotopic (exact) mass is 221 g/mol. The summed E-state index contributed by atoms with van der Waals surface area (Å²) in [5.41, 5.74) is 3.96. The van der Waals surface area contributed by atoms with Gasteiger partial charge in [-0.05, 0) is 48.8 Å². The van der Waals surface area contributed by atoms with Gasteiger partial charge in [0.05, 0.1) is 6.21 Å². The number of benzene rings is 1. The summed E-state index contributed by atoms with van der Waals surface area (Å²) in [4.78, 5) is 1.35. The molecule has 0 fully saturated rings. The first-order valence-corrected chi connectivity index (χ1v) is 6.12. The molecule has 80 valence electrons. The first kappa shape index (κ1) is 10.6. The number of thioether (sulfide) groups is 1. The second-order valence-corrected chi connectivity index (χ2v) is 5.14. The summed E-state index contributed by atoms with van der Waals surface area (Å²) in [6.45, 7) is 4.26. The molecule has 3 heteroatoms. The smallest absolute Gasteiger partial charge is 0.0511 e. The Bertz CT molecular complexity index is 401. The van der Waals surface area contributed by atoms with E-state index in [1.807, 2.05) is 11.8 Å². The lowest BCUT2D eigenvalue weighted by Crippen LogP contribution is -2.11. The van der Waals surface area contributed by atoms with Crippen molar-refractivity contribution >= 4 is 18.0 Å². The molecule has 1 atom stereocenters. The Morgan fingerprint density at radius 1 is 1.47 bits per heavy atom. The van der Waals surface area contributed by atoms with E-state index in [0.717, 1.165) is 12.2 Å². The van der Waals surface area contributed by atoms with E-state index in [0.29, 0.717) is 0 Å². The molecule has 0 saturated carbocycles. The minimum atomic E-state index is 0.284. The molecule has 0 radical (unpaired) electrons. The van der Waals surface area contributed by atoms with Gasteiger partial charge in [0.25, 0.3) is 0 Å². The zero-order valence-electron chi connectivity index (χ0n) is 9.03. The van der Waals surface area contributed by atoms with Gasteiger partial charge in [-0.15, -0.1) is 16.9 Å². The molecule has 0 saturated heterocycles. The van der Waals surface area contributed by atoms with E-state index in [4.69, 9.17) is 5.21 Å². The predicted molar refractivity (Wildman–Crippen MR) is 64.3 cm³/mol. The molecule has 1 N–H and O–H groups in total. The van der Waals surface area contributed by atoms with Crippen molar-refractivity contribution in [2.45, 2.75) is 31.1 Å². The Labute approximate surface area is 94.4 Å². The van der Waals surface area contributed by atoms with Crippen molar-refractivity contribution in [1.29, 1.82) is 0 Å². The van der Waals surface area contributed by atoms with Crippen molar-refractivity contribution in [2.24, 2.45) is 5.16 Å². The zero-order chi connectivity index (χ0) is 10.8. The molecule has 0 aromatic heterocycles. The molecule has 15 heavy (non-hydrogen) atoms. The maximum Gasteiger partial charge on any atom is 0.0511 e. The van der Waals surface area contributed by atoms with Crippen LogP contribution < -0.4 is 0 Å². The average molecular weight is 221 g/mol. The van der Waals surface area contributed by atoms with Gasteiger partial charge in [0, 0.05) is 10.8 Å². The molecule has 1 aliphatic heterocycles. The maximum absolute atomic E-state index is 8.65. The van der Waals surface area contributed by atoms with E-state index in [2.05, 4.69) is 31.1 Å². The Morgan fingerprint density at radius 2 is 2.27 bits per heavy atom. The van der Waals surface area contributed by atoms with E-state index >= 15 is 0 Å². The summed E-state index contributed by atoms with van der Waals surface area (Å²) in [5, 5.41) is 11.8. The molecule has 1 aromatic carbocycles. The quantitative estimate of drug-likeness (QED) is 0.448. The van der Waals surface area contributed by atoms with Gasteiger partial charge in [0.2, 0.25) is 0 Å². The second-order valence-electron chi connectivity index (χ2n) is 4.00. The van der Waals surface area contributed by atoms with Gasteiger partial charge in [-0.3, -0.25) is 0 Å². The molecule has 1 aromatic rings. The predicted octanol–water partition coefficient (Wildman–Crippen LogP) is 3.34. The molecule has 0 amide bonds. The number of nitrogens with zero attached hydrogens (tertiary/aromatic N) is 1. The summed E-state index contributed by atoms with van der Waals surface area (Å²) in [6.07, 6.45) is 2.71. The van der Waals surface area contributed by atoms with Gasteiger partial charge in [-0.25, -0.2) is 0 Å². The lowest BCUT2D eigenvalue weighted by atomic mass is 9.92. The lowest BCUT2D eigenvalue weighted by Gasteiger charge is -2.24. The summed E-state index contributed by atoms with van der Waals surface area (Å²) < 4.78 is 0. The molecule has 0 aliphatic carbocycles. The summed E-state index contributed by atoms with van der Waals surface area (Å²) in [6, 6.07) is 4.42. The molecule has 2 rings (SSSR count). The largest absolute Gasteiger partial charge is 0.411 e. The third-order valence-corrected chi connectivity index (χ3v) is 3.89. The van der Waals surface area contributed by atoms with Crippen LogP contribution in [0.1, 0.15) is 29.0 Å². The fourth-order valence-corrected chi connectivity index (χ4v) is 3.53. The van der Waals surface area contributed by atoms with Crippen molar-refractivity contribution in [1.82, 2.24) is 0 Å². The van der Waals surface area contributed by atoms with Crippen LogP contribution in [0, 0.1) is 13.8 Å². The summed E-state index contributed by atoms with van der Waals surface area (Å²) >= 11 is 1.90. The number of rotatable bonds is 1. The van der Waals surface area contributed by atoms with Gasteiger partial charge < -0.3 is 5.21 Å². The van der Waals surface area contributed by atoms with Crippen molar-refractivity contribution in [3.63, 3.8) is 0 Å². The van der Waals surface area contributed by atoms with E-state index in [-0.39, 0.29) is 5.92 Å². The molecule has 1 aliphatic rings. The Hall–Kier alpha value is -0.960. The van der Waals surface area contributed by atoms with Crippen LogP contribution in [0.2, 0.25) is 0 Å². The van der Waals surface area contributed by atoms with E-state index < -0.39 is 0 Å². The minimum absolute atomic E-state index is 0.284. The van der Waals surface area contributed by atoms with Crippen LogP contribution >= 0.6 is 11.8 Å². The Morgan fingerprint density at radius 3 is 3.00 bits per heavy atom. The third kappa shape index (κ3) is 2.02. The molecular weight excluding hydrogens is 206 g/mol. The topological polar surface area (TPSA) is 32.6 Å². The first-order valence-electron chi connectivity index (χ1n) is 5.14. The molecule has 1 heterocycles. The highest BCUT2D eigenvalue weighted by Crippen LogP contribution is 2.39. The fraction of sp³-hybridized carbons (Fsp3) is 0.417. The Balaban J connectivity index is 2.50.